The first-order chi connectivity index (χ1) is 13.7. The summed E-state index contributed by atoms with van der Waals surface area (Å²) in [5.41, 5.74) is 5.00. The van der Waals surface area contributed by atoms with Crippen LogP contribution in [0.3, 0.4) is 0 Å². The van der Waals surface area contributed by atoms with Crippen molar-refractivity contribution in [2.24, 2.45) is 0 Å². The van der Waals surface area contributed by atoms with Gasteiger partial charge in [0.25, 0.3) is 0 Å². The Morgan fingerprint density at radius 1 is 0.964 bits per heavy atom. The highest BCUT2D eigenvalue weighted by atomic mass is 79.9. The molecule has 0 fully saturated rings. The lowest BCUT2D eigenvalue weighted by Gasteiger charge is -2.12. The quantitative estimate of drug-likeness (QED) is 0.369. The fourth-order valence-corrected chi connectivity index (χ4v) is 3.65. The van der Waals surface area contributed by atoms with Crippen LogP contribution in [0.2, 0.25) is 0 Å². The molecule has 5 rings (SSSR count). The molecule has 2 N–H and O–H groups in total. The second kappa shape index (κ2) is 6.73. The van der Waals surface area contributed by atoms with Gasteiger partial charge in [0.2, 0.25) is 0 Å². The molecule has 0 saturated heterocycles. The smallest absolute Gasteiger partial charge is 0.162 e. The predicted octanol–water partition coefficient (Wildman–Crippen LogP) is 5.99. The van der Waals surface area contributed by atoms with E-state index in [-0.39, 0.29) is 0 Å². The number of nitrogens with one attached hydrogen (secondary N) is 2. The normalized spacial score (nSPS) is 11.2. The lowest BCUT2D eigenvalue weighted by atomic mass is 10.1. The second-order valence-electron chi connectivity index (χ2n) is 6.72. The topological polar surface area (TPSA) is 66.5 Å². The van der Waals surface area contributed by atoms with Crippen LogP contribution >= 0.6 is 15.9 Å². The molecular weight excluding hydrogens is 414 g/mol. The maximum Gasteiger partial charge on any atom is 0.162 e. The molecule has 2 heterocycles. The maximum atomic E-state index is 4.84. The van der Waals surface area contributed by atoms with Gasteiger partial charge in [0, 0.05) is 26.5 Å². The summed E-state index contributed by atoms with van der Waals surface area (Å²) >= 11 is 3.53. The van der Waals surface area contributed by atoms with E-state index in [1.807, 2.05) is 42.6 Å². The fraction of sp³-hybridized carbons (Fsp3) is 0.0455. The van der Waals surface area contributed by atoms with Crippen molar-refractivity contribution in [3.63, 3.8) is 0 Å². The molecule has 0 atom stereocenters. The average molecular weight is 430 g/mol. The van der Waals surface area contributed by atoms with Gasteiger partial charge in [-0.05, 0) is 55.0 Å². The van der Waals surface area contributed by atoms with Crippen LogP contribution in [0, 0.1) is 6.92 Å². The van der Waals surface area contributed by atoms with Crippen LogP contribution in [-0.4, -0.2) is 20.2 Å². The minimum atomic E-state index is 0.686. The summed E-state index contributed by atoms with van der Waals surface area (Å²) in [6, 6.07) is 20.3. The Morgan fingerprint density at radius 2 is 1.89 bits per heavy atom. The summed E-state index contributed by atoms with van der Waals surface area (Å²) in [5.74, 6) is 1.47. The summed E-state index contributed by atoms with van der Waals surface area (Å²) in [5, 5.41) is 12.6. The van der Waals surface area contributed by atoms with Gasteiger partial charge in [-0.25, -0.2) is 9.97 Å². The number of anilines is 2. The standard InChI is InChI=1S/C22H16BrN5/c1-13-5-7-18-20(9-13)26-21(14-3-2-4-16(23)10-14)27-22(18)25-17-6-8-19-15(11-17)12-24-28-19/h2-12H,1H3,(H,24,28)(H,25,26,27). The molecule has 0 unspecified atom stereocenters. The number of H-pyrrole nitrogens is 1. The Hall–Kier alpha value is -3.25. The Kier molecular flexibility index (Phi) is 4.06. The average Bonchev–Trinajstić information content (AvgIpc) is 3.15. The Morgan fingerprint density at radius 3 is 2.79 bits per heavy atom. The Labute approximate surface area is 170 Å². The lowest BCUT2D eigenvalue weighted by Crippen LogP contribution is -1.99. The SMILES string of the molecule is Cc1ccc2c(Nc3ccc4[nH]ncc4c3)nc(-c3cccc(Br)c3)nc2c1. The van der Waals surface area contributed by atoms with E-state index >= 15 is 0 Å². The number of fused-ring (bicyclic) bond motifs is 2. The summed E-state index contributed by atoms with van der Waals surface area (Å²) in [6.45, 7) is 2.07. The van der Waals surface area contributed by atoms with Gasteiger partial charge in [0.15, 0.2) is 5.82 Å². The molecule has 0 spiro atoms. The molecule has 0 bridgehead atoms. The third-order valence-electron chi connectivity index (χ3n) is 4.64. The molecule has 5 aromatic rings. The summed E-state index contributed by atoms with van der Waals surface area (Å²) < 4.78 is 0.998. The largest absolute Gasteiger partial charge is 0.340 e. The molecule has 136 valence electrons. The van der Waals surface area contributed by atoms with Crippen molar-refractivity contribution in [2.75, 3.05) is 5.32 Å². The first-order valence-corrected chi connectivity index (χ1v) is 9.69. The monoisotopic (exact) mass is 429 g/mol. The number of rotatable bonds is 3. The van der Waals surface area contributed by atoms with Crippen LogP contribution in [0.15, 0.2) is 71.3 Å². The Bertz CT molecular complexity index is 1330. The van der Waals surface area contributed by atoms with Gasteiger partial charge in [0.05, 0.1) is 17.2 Å². The van der Waals surface area contributed by atoms with E-state index in [0.29, 0.717) is 5.82 Å². The number of hydrogen-bond donors (Lipinski definition) is 2. The highest BCUT2D eigenvalue weighted by molar-refractivity contribution is 9.10. The van der Waals surface area contributed by atoms with Gasteiger partial charge in [-0.1, -0.05) is 34.1 Å². The molecule has 0 saturated carbocycles. The predicted molar refractivity (Wildman–Crippen MR) is 117 cm³/mol. The van der Waals surface area contributed by atoms with Gasteiger partial charge < -0.3 is 5.32 Å². The number of hydrogen-bond acceptors (Lipinski definition) is 4. The van der Waals surface area contributed by atoms with E-state index < -0.39 is 0 Å². The fourth-order valence-electron chi connectivity index (χ4n) is 3.25. The molecular formula is C22H16BrN5. The van der Waals surface area contributed by atoms with Crippen LogP contribution in [-0.2, 0) is 0 Å². The van der Waals surface area contributed by atoms with E-state index in [2.05, 4.69) is 62.6 Å². The number of aryl methyl sites for hydroxylation is 1. The highest BCUT2D eigenvalue weighted by Gasteiger charge is 2.11. The molecule has 28 heavy (non-hydrogen) atoms. The number of benzene rings is 3. The number of nitrogens with zero attached hydrogens (tertiary/aromatic N) is 3. The van der Waals surface area contributed by atoms with Crippen molar-refractivity contribution in [3.8, 4) is 11.4 Å². The first kappa shape index (κ1) is 16.9. The highest BCUT2D eigenvalue weighted by Crippen LogP contribution is 2.29. The van der Waals surface area contributed by atoms with Gasteiger partial charge in [-0.2, -0.15) is 5.10 Å². The summed E-state index contributed by atoms with van der Waals surface area (Å²) in [6.07, 6.45) is 1.81. The number of aromatic amines is 1. The van der Waals surface area contributed by atoms with E-state index in [4.69, 9.17) is 9.97 Å². The van der Waals surface area contributed by atoms with Crippen molar-refractivity contribution in [3.05, 3.63) is 76.9 Å². The van der Waals surface area contributed by atoms with Gasteiger partial charge in [0.1, 0.15) is 5.82 Å². The van der Waals surface area contributed by atoms with Gasteiger partial charge in [-0.3, -0.25) is 5.10 Å². The number of aromatic nitrogens is 4. The third kappa shape index (κ3) is 3.12. The van der Waals surface area contributed by atoms with Crippen LogP contribution in [0.25, 0.3) is 33.2 Å². The van der Waals surface area contributed by atoms with Gasteiger partial charge in [-0.15, -0.1) is 0 Å². The molecule has 2 aromatic heterocycles. The second-order valence-corrected chi connectivity index (χ2v) is 7.64. The summed E-state index contributed by atoms with van der Waals surface area (Å²) in [7, 11) is 0. The van der Waals surface area contributed by atoms with E-state index in [9.17, 15) is 0 Å². The van der Waals surface area contributed by atoms with Crippen molar-refractivity contribution in [1.29, 1.82) is 0 Å². The van der Waals surface area contributed by atoms with Crippen molar-refractivity contribution < 1.29 is 0 Å². The molecule has 0 aliphatic heterocycles. The van der Waals surface area contributed by atoms with Crippen LogP contribution in [0.1, 0.15) is 5.56 Å². The van der Waals surface area contributed by atoms with Gasteiger partial charge >= 0.3 is 0 Å². The zero-order chi connectivity index (χ0) is 19.1. The molecule has 6 heteroatoms. The van der Waals surface area contributed by atoms with E-state index in [1.54, 1.807) is 0 Å². The molecule has 3 aromatic carbocycles. The van der Waals surface area contributed by atoms with Crippen LogP contribution < -0.4 is 5.32 Å². The van der Waals surface area contributed by atoms with Crippen molar-refractivity contribution >= 4 is 49.2 Å². The minimum absolute atomic E-state index is 0.686. The Balaban J connectivity index is 1.67. The van der Waals surface area contributed by atoms with E-state index in [1.165, 1.54) is 0 Å². The summed E-state index contributed by atoms with van der Waals surface area (Å²) in [4.78, 5) is 9.64. The van der Waals surface area contributed by atoms with Crippen LogP contribution in [0.5, 0.6) is 0 Å². The lowest BCUT2D eigenvalue weighted by molar-refractivity contribution is 1.12. The van der Waals surface area contributed by atoms with Crippen molar-refractivity contribution in [1.82, 2.24) is 20.2 Å². The zero-order valence-corrected chi connectivity index (χ0v) is 16.7. The molecule has 5 nitrogen and oxygen atoms in total. The van der Waals surface area contributed by atoms with E-state index in [0.717, 1.165) is 48.9 Å². The molecule has 0 radical (unpaired) electrons. The minimum Gasteiger partial charge on any atom is -0.340 e. The number of halogens is 1. The molecule has 0 aliphatic carbocycles. The van der Waals surface area contributed by atoms with Crippen molar-refractivity contribution in [2.45, 2.75) is 6.92 Å². The maximum absolute atomic E-state index is 4.84. The molecule has 0 amide bonds. The molecule has 0 aliphatic rings. The zero-order valence-electron chi connectivity index (χ0n) is 15.1. The third-order valence-corrected chi connectivity index (χ3v) is 5.13. The first-order valence-electron chi connectivity index (χ1n) is 8.90. The van der Waals surface area contributed by atoms with Crippen LogP contribution in [0.4, 0.5) is 11.5 Å².